The molecule has 4 nitrogen and oxygen atoms in total. The first-order chi connectivity index (χ1) is 18.2. The number of nitrogens with one attached hydrogen (secondary N) is 1. The summed E-state index contributed by atoms with van der Waals surface area (Å²) in [7, 11) is 0. The Balaban J connectivity index is 1.92. The molecule has 0 aliphatic rings. The Labute approximate surface area is 237 Å². The van der Waals surface area contributed by atoms with Crippen LogP contribution in [0.1, 0.15) is 68.7 Å². The van der Waals surface area contributed by atoms with E-state index in [1.165, 1.54) is 5.56 Å². The van der Waals surface area contributed by atoms with E-state index in [0.29, 0.717) is 28.8 Å². The quantitative estimate of drug-likeness (QED) is 0.251. The van der Waals surface area contributed by atoms with Gasteiger partial charge in [-0.1, -0.05) is 105 Å². The van der Waals surface area contributed by atoms with Gasteiger partial charge in [0.15, 0.2) is 0 Å². The molecular weight excluding hydrogens is 515 g/mol. The molecule has 0 spiro atoms. The van der Waals surface area contributed by atoms with Gasteiger partial charge in [-0.3, -0.25) is 9.59 Å². The average molecular weight is 554 g/mol. The lowest BCUT2D eigenvalue weighted by Crippen LogP contribution is -2.52. The summed E-state index contributed by atoms with van der Waals surface area (Å²) >= 11 is 12.6. The number of benzene rings is 3. The fraction of sp³-hybridized carbons (Fsp3) is 0.375. The molecule has 0 saturated carbocycles. The molecule has 0 bridgehead atoms. The highest BCUT2D eigenvalue weighted by Crippen LogP contribution is 2.25. The first-order valence-electron chi connectivity index (χ1n) is 13.3. The van der Waals surface area contributed by atoms with Gasteiger partial charge in [-0.15, -0.1) is 0 Å². The van der Waals surface area contributed by atoms with Crippen molar-refractivity contribution in [1.82, 2.24) is 10.2 Å². The molecule has 3 aromatic carbocycles. The number of carbonyl (C=O) groups is 2. The first kappa shape index (κ1) is 29.7. The van der Waals surface area contributed by atoms with Gasteiger partial charge in [-0.2, -0.15) is 0 Å². The summed E-state index contributed by atoms with van der Waals surface area (Å²) < 4.78 is 0. The van der Waals surface area contributed by atoms with E-state index in [-0.39, 0.29) is 30.8 Å². The molecule has 0 aliphatic heterocycles. The smallest absolute Gasteiger partial charge is 0.243 e. The second-order valence-electron chi connectivity index (χ2n) is 10.2. The molecule has 0 aromatic heterocycles. The Kier molecular flexibility index (Phi) is 11.2. The topological polar surface area (TPSA) is 49.4 Å². The summed E-state index contributed by atoms with van der Waals surface area (Å²) in [6.45, 7) is 8.54. The summed E-state index contributed by atoms with van der Waals surface area (Å²) in [6, 6.07) is 22.8. The van der Waals surface area contributed by atoms with Gasteiger partial charge in [-0.05, 0) is 60.1 Å². The molecule has 0 saturated heterocycles. The summed E-state index contributed by atoms with van der Waals surface area (Å²) in [5.41, 5.74) is 4.10. The van der Waals surface area contributed by atoms with Crippen LogP contribution in [0.4, 0.5) is 0 Å². The number of amides is 2. The van der Waals surface area contributed by atoms with Crippen LogP contribution in [0.15, 0.2) is 72.8 Å². The third kappa shape index (κ3) is 8.61. The number of hydrogen-bond donors (Lipinski definition) is 1. The molecule has 6 heteroatoms. The zero-order valence-electron chi connectivity index (χ0n) is 22.7. The molecule has 2 atom stereocenters. The van der Waals surface area contributed by atoms with Crippen LogP contribution in [0.25, 0.3) is 0 Å². The third-order valence-corrected chi connectivity index (χ3v) is 7.49. The van der Waals surface area contributed by atoms with Crippen molar-refractivity contribution < 1.29 is 9.59 Å². The van der Waals surface area contributed by atoms with Gasteiger partial charge >= 0.3 is 0 Å². The van der Waals surface area contributed by atoms with Crippen molar-refractivity contribution >= 4 is 35.0 Å². The monoisotopic (exact) mass is 552 g/mol. The minimum atomic E-state index is -0.686. The maximum Gasteiger partial charge on any atom is 0.243 e. The molecule has 3 aromatic rings. The Morgan fingerprint density at radius 2 is 1.58 bits per heavy atom. The van der Waals surface area contributed by atoms with Crippen molar-refractivity contribution in [2.75, 3.05) is 0 Å². The van der Waals surface area contributed by atoms with Crippen LogP contribution >= 0.6 is 23.2 Å². The highest BCUT2D eigenvalue weighted by Gasteiger charge is 2.31. The number of hydrogen-bond acceptors (Lipinski definition) is 2. The van der Waals surface area contributed by atoms with Crippen molar-refractivity contribution in [3.63, 3.8) is 0 Å². The maximum absolute atomic E-state index is 13.8. The lowest BCUT2D eigenvalue weighted by molar-refractivity contribution is -0.141. The van der Waals surface area contributed by atoms with Crippen LogP contribution < -0.4 is 5.32 Å². The molecule has 2 amide bonds. The second kappa shape index (κ2) is 14.4. The fourth-order valence-corrected chi connectivity index (χ4v) is 4.76. The standard InChI is InChI=1S/C32H38Cl2N2O2/c1-5-23(4)35-32(38)30(19-25-9-7-6-8-10-25)36(21-27-16-17-28(33)20-29(27)34)31(37)18-13-24-11-14-26(15-12-24)22(2)3/h6-12,14-17,20,22-23,30H,5,13,18-19,21H2,1-4H3,(H,35,38)/t23-,30+/m0/s1. The number of aryl methyl sites for hydroxylation is 1. The van der Waals surface area contributed by atoms with Gasteiger partial charge in [0.05, 0.1) is 0 Å². The molecule has 0 heterocycles. The largest absolute Gasteiger partial charge is 0.352 e. The number of nitrogens with zero attached hydrogens (tertiary/aromatic N) is 1. The number of rotatable bonds is 12. The highest BCUT2D eigenvalue weighted by atomic mass is 35.5. The second-order valence-corrected chi connectivity index (χ2v) is 11.0. The van der Waals surface area contributed by atoms with Crippen LogP contribution in [-0.4, -0.2) is 28.8 Å². The SMILES string of the molecule is CC[C@H](C)NC(=O)[C@@H](Cc1ccccc1)N(Cc1ccc(Cl)cc1Cl)C(=O)CCc1ccc(C(C)C)cc1. The average Bonchev–Trinajstić information content (AvgIpc) is 2.91. The minimum Gasteiger partial charge on any atom is -0.352 e. The van der Waals surface area contributed by atoms with Gasteiger partial charge < -0.3 is 10.2 Å². The van der Waals surface area contributed by atoms with Crippen LogP contribution in [0, 0.1) is 0 Å². The molecule has 38 heavy (non-hydrogen) atoms. The lowest BCUT2D eigenvalue weighted by Gasteiger charge is -2.32. The van der Waals surface area contributed by atoms with Gasteiger partial charge in [0.2, 0.25) is 11.8 Å². The zero-order valence-corrected chi connectivity index (χ0v) is 24.2. The van der Waals surface area contributed by atoms with Gasteiger partial charge in [-0.25, -0.2) is 0 Å². The summed E-state index contributed by atoms with van der Waals surface area (Å²) in [6.07, 6.45) is 2.08. The molecular formula is C32H38Cl2N2O2. The molecule has 1 N–H and O–H groups in total. The normalized spacial score (nSPS) is 12.7. The van der Waals surface area contributed by atoms with E-state index >= 15 is 0 Å². The summed E-state index contributed by atoms with van der Waals surface area (Å²) in [4.78, 5) is 29.1. The number of carbonyl (C=O) groups excluding carboxylic acids is 2. The van der Waals surface area contributed by atoms with Crippen molar-refractivity contribution in [2.45, 2.75) is 77.9 Å². The highest BCUT2D eigenvalue weighted by molar-refractivity contribution is 6.35. The van der Waals surface area contributed by atoms with Crippen LogP contribution in [0.5, 0.6) is 0 Å². The Hall–Kier alpha value is -2.82. The van der Waals surface area contributed by atoms with E-state index in [4.69, 9.17) is 23.2 Å². The van der Waals surface area contributed by atoms with Crippen molar-refractivity contribution in [2.24, 2.45) is 0 Å². The van der Waals surface area contributed by atoms with Crippen molar-refractivity contribution in [1.29, 1.82) is 0 Å². The van der Waals surface area contributed by atoms with Gasteiger partial charge in [0.1, 0.15) is 6.04 Å². The Morgan fingerprint density at radius 1 is 0.895 bits per heavy atom. The van der Waals surface area contributed by atoms with Crippen molar-refractivity contribution in [3.05, 3.63) is 105 Å². The van der Waals surface area contributed by atoms with Crippen LogP contribution in [0.3, 0.4) is 0 Å². The van der Waals surface area contributed by atoms with E-state index < -0.39 is 6.04 Å². The van der Waals surface area contributed by atoms with E-state index in [1.54, 1.807) is 17.0 Å². The Morgan fingerprint density at radius 3 is 2.18 bits per heavy atom. The van der Waals surface area contributed by atoms with Crippen LogP contribution in [-0.2, 0) is 29.0 Å². The van der Waals surface area contributed by atoms with E-state index in [1.807, 2.05) is 50.2 Å². The van der Waals surface area contributed by atoms with E-state index in [9.17, 15) is 9.59 Å². The third-order valence-electron chi connectivity index (χ3n) is 6.90. The fourth-order valence-electron chi connectivity index (χ4n) is 4.29. The minimum absolute atomic E-state index is 0.00341. The molecule has 3 rings (SSSR count). The molecule has 0 unspecified atom stereocenters. The van der Waals surface area contributed by atoms with E-state index in [0.717, 1.165) is 23.1 Å². The maximum atomic E-state index is 13.8. The lowest BCUT2D eigenvalue weighted by atomic mass is 9.99. The molecule has 0 aliphatic carbocycles. The first-order valence-corrected chi connectivity index (χ1v) is 14.1. The van der Waals surface area contributed by atoms with Gasteiger partial charge in [0, 0.05) is 35.5 Å². The van der Waals surface area contributed by atoms with E-state index in [2.05, 4.69) is 43.4 Å². The summed E-state index contributed by atoms with van der Waals surface area (Å²) in [5.74, 6) is 0.195. The Bertz CT molecular complexity index is 1200. The van der Waals surface area contributed by atoms with Crippen molar-refractivity contribution in [3.8, 4) is 0 Å². The van der Waals surface area contributed by atoms with Crippen LogP contribution in [0.2, 0.25) is 10.0 Å². The number of halogens is 2. The predicted molar refractivity (Wildman–Crippen MR) is 158 cm³/mol. The predicted octanol–water partition coefficient (Wildman–Crippen LogP) is 7.60. The van der Waals surface area contributed by atoms with Gasteiger partial charge in [0.25, 0.3) is 0 Å². The molecule has 202 valence electrons. The summed E-state index contributed by atoms with van der Waals surface area (Å²) in [5, 5.41) is 4.10. The zero-order chi connectivity index (χ0) is 27.7. The molecule has 0 radical (unpaired) electrons. The molecule has 0 fully saturated rings.